The Morgan fingerprint density at radius 3 is 3.00 bits per heavy atom. The van der Waals surface area contributed by atoms with E-state index in [4.69, 9.17) is 5.73 Å². The molecule has 1 aromatic heterocycles. The summed E-state index contributed by atoms with van der Waals surface area (Å²) in [5.74, 6) is 1.62. The molecule has 4 N–H and O–H groups in total. The Kier molecular flexibility index (Phi) is 5.05. The third kappa shape index (κ3) is 4.39. The van der Waals surface area contributed by atoms with Gasteiger partial charge in [0.25, 0.3) is 0 Å². The van der Waals surface area contributed by atoms with Gasteiger partial charge in [-0.15, -0.1) is 0 Å². The van der Waals surface area contributed by atoms with Crippen LogP contribution >= 0.6 is 0 Å². The number of nitrogens with one attached hydrogen (secondary N) is 2. The van der Waals surface area contributed by atoms with Crippen LogP contribution in [0.5, 0.6) is 0 Å². The molecule has 0 aliphatic heterocycles. The van der Waals surface area contributed by atoms with Crippen LogP contribution in [0.2, 0.25) is 0 Å². The van der Waals surface area contributed by atoms with Crippen LogP contribution in [0.1, 0.15) is 44.3 Å². The van der Waals surface area contributed by atoms with Gasteiger partial charge in [0.2, 0.25) is 0 Å². The smallest absolute Gasteiger partial charge is 0.188 e. The molecule has 5 nitrogen and oxygen atoms in total. The van der Waals surface area contributed by atoms with Crippen LogP contribution in [0, 0.1) is 0 Å². The second-order valence-corrected chi connectivity index (χ2v) is 4.89. The highest BCUT2D eigenvalue weighted by Gasteiger charge is 2.12. The molecule has 1 fully saturated rings. The average molecular weight is 249 g/mol. The van der Waals surface area contributed by atoms with Crippen LogP contribution < -0.4 is 11.1 Å². The van der Waals surface area contributed by atoms with Gasteiger partial charge in [0.15, 0.2) is 5.96 Å². The molecule has 2 rings (SSSR count). The highest BCUT2D eigenvalue weighted by Crippen LogP contribution is 2.16. The lowest BCUT2D eigenvalue weighted by Crippen LogP contribution is -2.41. The second kappa shape index (κ2) is 7.03. The van der Waals surface area contributed by atoms with E-state index in [1.807, 2.05) is 6.20 Å². The van der Waals surface area contributed by atoms with E-state index in [9.17, 15) is 0 Å². The molecular weight excluding hydrogens is 226 g/mol. The van der Waals surface area contributed by atoms with Gasteiger partial charge >= 0.3 is 0 Å². The lowest BCUT2D eigenvalue weighted by Gasteiger charge is -2.23. The maximum atomic E-state index is 5.88. The Balaban J connectivity index is 1.62. The van der Waals surface area contributed by atoms with Gasteiger partial charge in [0, 0.05) is 31.4 Å². The van der Waals surface area contributed by atoms with Crippen molar-refractivity contribution in [2.75, 3.05) is 6.54 Å². The SMILES string of the molecule is NC(=NCCCc1ncc[nH]1)NC1CCCCC1. The largest absolute Gasteiger partial charge is 0.370 e. The summed E-state index contributed by atoms with van der Waals surface area (Å²) in [5, 5.41) is 3.32. The molecular formula is C13H23N5. The van der Waals surface area contributed by atoms with Crippen LogP contribution in [0.15, 0.2) is 17.4 Å². The molecule has 0 spiro atoms. The van der Waals surface area contributed by atoms with Crippen LogP contribution in [-0.4, -0.2) is 28.5 Å². The predicted molar refractivity (Wildman–Crippen MR) is 73.4 cm³/mol. The van der Waals surface area contributed by atoms with Crippen molar-refractivity contribution in [3.05, 3.63) is 18.2 Å². The normalized spacial score (nSPS) is 17.9. The standard InChI is InChI=1S/C13H23N5/c14-13(18-11-5-2-1-3-6-11)17-8-4-7-12-15-9-10-16-12/h9-11H,1-8H2,(H,15,16)(H3,14,17,18). The lowest BCUT2D eigenvalue weighted by atomic mass is 9.96. The minimum Gasteiger partial charge on any atom is -0.370 e. The van der Waals surface area contributed by atoms with Gasteiger partial charge in [-0.05, 0) is 19.3 Å². The highest BCUT2D eigenvalue weighted by molar-refractivity contribution is 5.78. The van der Waals surface area contributed by atoms with Crippen LogP contribution in [0.4, 0.5) is 0 Å². The molecule has 1 aliphatic rings. The molecule has 1 aliphatic carbocycles. The summed E-state index contributed by atoms with van der Waals surface area (Å²) in [5.41, 5.74) is 5.88. The first-order chi connectivity index (χ1) is 8.84. The minimum absolute atomic E-state index is 0.535. The predicted octanol–water partition coefficient (Wildman–Crippen LogP) is 1.58. The lowest BCUT2D eigenvalue weighted by molar-refractivity contribution is 0.412. The van der Waals surface area contributed by atoms with Crippen molar-refractivity contribution in [1.82, 2.24) is 15.3 Å². The van der Waals surface area contributed by atoms with Crippen molar-refractivity contribution in [2.45, 2.75) is 51.0 Å². The van der Waals surface area contributed by atoms with Crippen molar-refractivity contribution < 1.29 is 0 Å². The Labute approximate surface area is 108 Å². The van der Waals surface area contributed by atoms with Crippen LogP contribution in [0.25, 0.3) is 0 Å². The first-order valence-corrected chi connectivity index (χ1v) is 6.89. The molecule has 100 valence electrons. The number of hydrogen-bond acceptors (Lipinski definition) is 2. The molecule has 1 saturated carbocycles. The zero-order valence-electron chi connectivity index (χ0n) is 10.9. The number of aryl methyl sites for hydroxylation is 1. The molecule has 0 aromatic carbocycles. The summed E-state index contributed by atoms with van der Waals surface area (Å²) in [7, 11) is 0. The molecule has 1 aromatic rings. The van der Waals surface area contributed by atoms with Crippen LogP contribution in [0.3, 0.4) is 0 Å². The molecule has 0 amide bonds. The summed E-state index contributed by atoms with van der Waals surface area (Å²) in [6, 6.07) is 0.535. The minimum atomic E-state index is 0.535. The van der Waals surface area contributed by atoms with Crippen molar-refractivity contribution in [3.63, 3.8) is 0 Å². The summed E-state index contributed by atoms with van der Waals surface area (Å²) >= 11 is 0. The monoisotopic (exact) mass is 249 g/mol. The summed E-state index contributed by atoms with van der Waals surface area (Å²) < 4.78 is 0. The van der Waals surface area contributed by atoms with E-state index in [1.165, 1.54) is 32.1 Å². The van der Waals surface area contributed by atoms with E-state index < -0.39 is 0 Å². The average Bonchev–Trinajstić information content (AvgIpc) is 2.89. The molecule has 0 radical (unpaired) electrons. The van der Waals surface area contributed by atoms with E-state index >= 15 is 0 Å². The van der Waals surface area contributed by atoms with Gasteiger partial charge in [-0.2, -0.15) is 0 Å². The van der Waals surface area contributed by atoms with E-state index in [-0.39, 0.29) is 0 Å². The van der Waals surface area contributed by atoms with Gasteiger partial charge in [0.1, 0.15) is 5.82 Å². The first-order valence-electron chi connectivity index (χ1n) is 6.89. The van der Waals surface area contributed by atoms with Crippen molar-refractivity contribution in [2.24, 2.45) is 10.7 Å². The first kappa shape index (κ1) is 12.9. The molecule has 18 heavy (non-hydrogen) atoms. The van der Waals surface area contributed by atoms with Gasteiger partial charge in [0.05, 0.1) is 0 Å². The number of H-pyrrole nitrogens is 1. The van der Waals surface area contributed by atoms with E-state index in [0.717, 1.165) is 25.2 Å². The number of nitrogens with zero attached hydrogens (tertiary/aromatic N) is 2. The number of aromatic amines is 1. The van der Waals surface area contributed by atoms with E-state index in [2.05, 4.69) is 20.3 Å². The van der Waals surface area contributed by atoms with Crippen molar-refractivity contribution in [3.8, 4) is 0 Å². The van der Waals surface area contributed by atoms with E-state index in [0.29, 0.717) is 12.0 Å². The van der Waals surface area contributed by atoms with Gasteiger partial charge in [-0.3, -0.25) is 4.99 Å². The maximum absolute atomic E-state index is 5.88. The maximum Gasteiger partial charge on any atom is 0.188 e. The molecule has 1 heterocycles. The number of aliphatic imine (C=N–C) groups is 1. The van der Waals surface area contributed by atoms with Crippen molar-refractivity contribution >= 4 is 5.96 Å². The number of hydrogen-bond donors (Lipinski definition) is 3. The summed E-state index contributed by atoms with van der Waals surface area (Å²) in [4.78, 5) is 11.6. The van der Waals surface area contributed by atoms with Gasteiger partial charge < -0.3 is 16.0 Å². The topological polar surface area (TPSA) is 79.1 Å². The zero-order valence-corrected chi connectivity index (χ0v) is 10.9. The molecule has 0 bridgehead atoms. The second-order valence-electron chi connectivity index (χ2n) is 4.89. The Morgan fingerprint density at radius 1 is 1.44 bits per heavy atom. The molecule has 0 unspecified atom stereocenters. The summed E-state index contributed by atoms with van der Waals surface area (Å²) in [6.45, 7) is 0.756. The third-order valence-electron chi connectivity index (χ3n) is 3.37. The summed E-state index contributed by atoms with van der Waals surface area (Å²) in [6.07, 6.45) is 11.9. The number of imidazole rings is 1. The molecule has 0 saturated heterocycles. The quantitative estimate of drug-likeness (QED) is 0.421. The fraction of sp³-hybridized carbons (Fsp3) is 0.692. The fourth-order valence-electron chi connectivity index (χ4n) is 2.38. The number of nitrogens with two attached hydrogens (primary N) is 1. The zero-order chi connectivity index (χ0) is 12.6. The number of rotatable bonds is 5. The molecule has 0 atom stereocenters. The Bertz CT molecular complexity index is 351. The highest BCUT2D eigenvalue weighted by atomic mass is 15.1. The Morgan fingerprint density at radius 2 is 2.28 bits per heavy atom. The van der Waals surface area contributed by atoms with Gasteiger partial charge in [-0.25, -0.2) is 4.98 Å². The molecule has 5 heteroatoms. The van der Waals surface area contributed by atoms with Gasteiger partial charge in [-0.1, -0.05) is 19.3 Å². The van der Waals surface area contributed by atoms with Crippen molar-refractivity contribution in [1.29, 1.82) is 0 Å². The fourth-order valence-corrected chi connectivity index (χ4v) is 2.38. The number of aromatic nitrogens is 2. The third-order valence-corrected chi connectivity index (χ3v) is 3.37. The number of guanidine groups is 1. The Hall–Kier alpha value is -1.52. The van der Waals surface area contributed by atoms with E-state index in [1.54, 1.807) is 6.20 Å². The van der Waals surface area contributed by atoms with Crippen LogP contribution in [-0.2, 0) is 6.42 Å².